The first kappa shape index (κ1) is 23.2. The van der Waals surface area contributed by atoms with E-state index in [1.54, 1.807) is 30.0 Å². The summed E-state index contributed by atoms with van der Waals surface area (Å²) in [4.78, 5) is 21.8. The first-order valence-corrected chi connectivity index (χ1v) is 12.6. The van der Waals surface area contributed by atoms with E-state index in [0.29, 0.717) is 24.8 Å². The Balaban J connectivity index is 2.06. The van der Waals surface area contributed by atoms with Crippen molar-refractivity contribution in [3.63, 3.8) is 0 Å². The van der Waals surface area contributed by atoms with E-state index in [-0.39, 0.29) is 22.1 Å². The van der Waals surface area contributed by atoms with Crippen LogP contribution in [0.5, 0.6) is 5.75 Å². The second-order valence-electron chi connectivity index (χ2n) is 7.22. The third kappa shape index (κ3) is 5.23. The number of carbonyl (C=O) groups excluding carboxylic acids is 1. The van der Waals surface area contributed by atoms with Gasteiger partial charge in [0, 0.05) is 13.1 Å². The molecule has 1 aromatic heterocycles. The lowest BCUT2D eigenvalue weighted by Gasteiger charge is -2.23. The molecule has 3 aromatic rings. The SMILES string of the molecule is CCOc1ccc2nc(N(CCN(C)C)C(=O)c3ccccc3S(=O)(=O)CC)sc2c1. The van der Waals surface area contributed by atoms with Gasteiger partial charge < -0.3 is 9.64 Å². The van der Waals surface area contributed by atoms with Crippen LogP contribution in [-0.2, 0) is 9.84 Å². The molecule has 1 heterocycles. The van der Waals surface area contributed by atoms with E-state index < -0.39 is 9.84 Å². The molecule has 0 N–H and O–H groups in total. The molecule has 0 saturated heterocycles. The van der Waals surface area contributed by atoms with Crippen LogP contribution in [0, 0.1) is 0 Å². The topological polar surface area (TPSA) is 79.8 Å². The number of hydrogen-bond donors (Lipinski definition) is 0. The number of benzene rings is 2. The summed E-state index contributed by atoms with van der Waals surface area (Å²) in [6.07, 6.45) is 0. The van der Waals surface area contributed by atoms with Gasteiger partial charge in [-0.15, -0.1) is 0 Å². The van der Waals surface area contributed by atoms with Crippen molar-refractivity contribution in [2.45, 2.75) is 18.7 Å². The van der Waals surface area contributed by atoms with Crippen LogP contribution in [0.1, 0.15) is 24.2 Å². The Morgan fingerprint density at radius 3 is 2.52 bits per heavy atom. The maximum Gasteiger partial charge on any atom is 0.261 e. The number of rotatable bonds is 9. The Labute approximate surface area is 187 Å². The molecule has 166 valence electrons. The molecule has 0 fully saturated rings. The molecule has 3 rings (SSSR count). The number of likely N-dealkylation sites (N-methyl/N-ethyl adjacent to an activating group) is 1. The van der Waals surface area contributed by atoms with E-state index in [1.165, 1.54) is 17.4 Å². The fourth-order valence-corrected chi connectivity index (χ4v) is 5.17. The lowest BCUT2D eigenvalue weighted by Crippen LogP contribution is -2.37. The minimum absolute atomic E-state index is 0.0529. The van der Waals surface area contributed by atoms with Gasteiger partial charge in [0.25, 0.3) is 5.91 Å². The highest BCUT2D eigenvalue weighted by Crippen LogP contribution is 2.33. The number of thiazole rings is 1. The minimum atomic E-state index is -3.55. The van der Waals surface area contributed by atoms with Crippen LogP contribution in [0.15, 0.2) is 47.4 Å². The third-order valence-corrected chi connectivity index (χ3v) is 7.57. The van der Waals surface area contributed by atoms with Gasteiger partial charge in [0.1, 0.15) is 5.75 Å². The van der Waals surface area contributed by atoms with Gasteiger partial charge in [-0.1, -0.05) is 30.4 Å². The van der Waals surface area contributed by atoms with E-state index in [4.69, 9.17) is 4.74 Å². The smallest absolute Gasteiger partial charge is 0.261 e. The van der Waals surface area contributed by atoms with Crippen molar-refractivity contribution in [1.82, 2.24) is 9.88 Å². The maximum atomic E-state index is 13.6. The van der Waals surface area contributed by atoms with Gasteiger partial charge >= 0.3 is 0 Å². The Kier molecular flexibility index (Phi) is 7.30. The number of hydrogen-bond acceptors (Lipinski definition) is 7. The van der Waals surface area contributed by atoms with Crippen LogP contribution in [0.4, 0.5) is 5.13 Å². The standard InChI is InChI=1S/C22H27N3O4S2/c1-5-29-16-11-12-18-19(15-16)30-22(23-18)25(14-13-24(3)4)21(26)17-9-7-8-10-20(17)31(27,28)6-2/h7-12,15H,5-6,13-14H2,1-4H3. The van der Waals surface area contributed by atoms with Crippen molar-refractivity contribution in [3.05, 3.63) is 48.0 Å². The summed E-state index contributed by atoms with van der Waals surface area (Å²) < 4.78 is 31.6. The molecule has 0 aliphatic heterocycles. The van der Waals surface area contributed by atoms with E-state index in [2.05, 4.69) is 4.98 Å². The number of anilines is 1. The predicted octanol–water partition coefficient (Wildman–Crippen LogP) is 3.70. The van der Waals surface area contributed by atoms with Crippen molar-refractivity contribution in [2.75, 3.05) is 44.4 Å². The highest BCUT2D eigenvalue weighted by Gasteiger charge is 2.27. The zero-order valence-corrected chi connectivity index (χ0v) is 19.8. The van der Waals surface area contributed by atoms with Crippen LogP contribution in [0.2, 0.25) is 0 Å². The molecule has 0 aliphatic carbocycles. The quantitative estimate of drug-likeness (QED) is 0.483. The molecule has 0 spiro atoms. The summed E-state index contributed by atoms with van der Waals surface area (Å²) in [6.45, 7) is 5.04. The number of sulfone groups is 1. The highest BCUT2D eigenvalue weighted by atomic mass is 32.2. The maximum absolute atomic E-state index is 13.6. The van der Waals surface area contributed by atoms with Gasteiger partial charge in [-0.05, 0) is 51.4 Å². The van der Waals surface area contributed by atoms with Crippen LogP contribution in [0.3, 0.4) is 0 Å². The Hall–Kier alpha value is -2.49. The summed E-state index contributed by atoms with van der Waals surface area (Å²) in [6, 6.07) is 12.0. The van der Waals surface area contributed by atoms with E-state index in [9.17, 15) is 13.2 Å². The zero-order chi connectivity index (χ0) is 22.6. The first-order chi connectivity index (χ1) is 14.8. The van der Waals surface area contributed by atoms with Crippen molar-refractivity contribution < 1.29 is 17.9 Å². The molecule has 1 amide bonds. The summed E-state index contributed by atoms with van der Waals surface area (Å²) in [5.74, 6) is 0.297. The lowest BCUT2D eigenvalue weighted by atomic mass is 10.2. The normalized spacial score (nSPS) is 11.8. The molecule has 0 bridgehead atoms. The van der Waals surface area contributed by atoms with Crippen LogP contribution < -0.4 is 9.64 Å². The molecule has 0 atom stereocenters. The number of fused-ring (bicyclic) bond motifs is 1. The van der Waals surface area contributed by atoms with Crippen molar-refractivity contribution in [1.29, 1.82) is 0 Å². The van der Waals surface area contributed by atoms with Gasteiger partial charge in [0.05, 0.1) is 33.0 Å². The fraction of sp³-hybridized carbons (Fsp3) is 0.364. The average molecular weight is 462 g/mol. The van der Waals surface area contributed by atoms with Crippen LogP contribution in [-0.4, -0.2) is 63.8 Å². The largest absolute Gasteiger partial charge is 0.494 e. The molecular weight excluding hydrogens is 434 g/mol. The molecule has 31 heavy (non-hydrogen) atoms. The molecule has 2 aromatic carbocycles. The Bertz CT molecular complexity index is 1170. The number of carbonyl (C=O) groups is 1. The third-order valence-electron chi connectivity index (χ3n) is 4.74. The molecule has 7 nitrogen and oxygen atoms in total. The zero-order valence-electron chi connectivity index (χ0n) is 18.2. The lowest BCUT2D eigenvalue weighted by molar-refractivity contribution is 0.0982. The van der Waals surface area contributed by atoms with Gasteiger partial charge in [-0.3, -0.25) is 9.69 Å². The van der Waals surface area contributed by atoms with Crippen molar-refractivity contribution >= 4 is 42.4 Å². The second-order valence-corrected chi connectivity index (χ2v) is 10.5. The molecular formula is C22H27N3O4S2. The van der Waals surface area contributed by atoms with E-state index >= 15 is 0 Å². The summed E-state index contributed by atoms with van der Waals surface area (Å²) in [7, 11) is 0.294. The van der Waals surface area contributed by atoms with Gasteiger partial charge in [0.15, 0.2) is 15.0 Å². The number of amides is 1. The van der Waals surface area contributed by atoms with Crippen molar-refractivity contribution in [3.8, 4) is 5.75 Å². The monoisotopic (exact) mass is 461 g/mol. The van der Waals surface area contributed by atoms with Crippen LogP contribution >= 0.6 is 11.3 Å². The highest BCUT2D eigenvalue weighted by molar-refractivity contribution is 7.91. The molecule has 9 heteroatoms. The Morgan fingerprint density at radius 1 is 1.10 bits per heavy atom. The van der Waals surface area contributed by atoms with E-state index in [0.717, 1.165) is 16.0 Å². The molecule has 0 radical (unpaired) electrons. The fourth-order valence-electron chi connectivity index (χ4n) is 3.06. The van der Waals surface area contributed by atoms with E-state index in [1.807, 2.05) is 44.1 Å². The summed E-state index contributed by atoms with van der Waals surface area (Å²) in [5.41, 5.74) is 0.929. The molecule has 0 unspecified atom stereocenters. The summed E-state index contributed by atoms with van der Waals surface area (Å²) >= 11 is 1.39. The number of aromatic nitrogens is 1. The van der Waals surface area contributed by atoms with Gasteiger partial charge in [-0.2, -0.15) is 0 Å². The molecule has 0 aliphatic rings. The van der Waals surface area contributed by atoms with Crippen LogP contribution in [0.25, 0.3) is 10.2 Å². The predicted molar refractivity (Wildman–Crippen MR) is 125 cm³/mol. The first-order valence-electron chi connectivity index (χ1n) is 10.1. The minimum Gasteiger partial charge on any atom is -0.494 e. The average Bonchev–Trinajstić information content (AvgIpc) is 3.16. The summed E-state index contributed by atoms with van der Waals surface area (Å²) in [5, 5.41) is 0.527. The van der Waals surface area contributed by atoms with Gasteiger partial charge in [0.2, 0.25) is 0 Å². The Morgan fingerprint density at radius 2 is 1.84 bits per heavy atom. The van der Waals surface area contributed by atoms with Gasteiger partial charge in [-0.25, -0.2) is 13.4 Å². The number of nitrogens with zero attached hydrogens (tertiary/aromatic N) is 3. The number of ether oxygens (including phenoxy) is 1. The van der Waals surface area contributed by atoms with Crippen molar-refractivity contribution in [2.24, 2.45) is 0 Å². The molecule has 0 saturated carbocycles. The second kappa shape index (κ2) is 9.76.